The van der Waals surface area contributed by atoms with Crippen molar-refractivity contribution >= 4 is 17.6 Å². The Kier molecular flexibility index (Phi) is 9.60. The van der Waals surface area contributed by atoms with Crippen molar-refractivity contribution in [2.45, 2.75) is 26.1 Å². The quantitative estimate of drug-likeness (QED) is 0.527. The second kappa shape index (κ2) is 12.2. The molecule has 0 spiro atoms. The molecule has 2 amide bonds. The number of hydrogen-bond donors (Lipinski definition) is 2. The number of ether oxygens (including phenoxy) is 2. The molecule has 186 valence electrons. The topological polar surface area (TPSA) is 116 Å². The molecule has 0 aromatic carbocycles. The van der Waals surface area contributed by atoms with Crippen LogP contribution in [0.15, 0.2) is 30.5 Å². The fourth-order valence-electron chi connectivity index (χ4n) is 2.70. The van der Waals surface area contributed by atoms with Gasteiger partial charge in [0.05, 0.1) is 24.8 Å². The lowest BCUT2D eigenvalue weighted by Gasteiger charge is -2.22. The summed E-state index contributed by atoms with van der Waals surface area (Å²) in [4.78, 5) is 32.2. The maximum Gasteiger partial charge on any atom is 0.422 e. The number of alkyl halides is 3. The Morgan fingerprint density at radius 3 is 2.56 bits per heavy atom. The van der Waals surface area contributed by atoms with Gasteiger partial charge in [-0.05, 0) is 37.6 Å². The number of anilines is 1. The minimum absolute atomic E-state index is 0.167. The van der Waals surface area contributed by atoms with Crippen LogP contribution in [0.25, 0.3) is 0 Å². The summed E-state index contributed by atoms with van der Waals surface area (Å²) in [5.74, 6) is -0.269. The van der Waals surface area contributed by atoms with Crippen molar-refractivity contribution in [1.82, 2.24) is 20.6 Å². The first-order valence-corrected chi connectivity index (χ1v) is 10.4. The molecule has 0 bridgehead atoms. The van der Waals surface area contributed by atoms with Gasteiger partial charge in [0.2, 0.25) is 11.8 Å². The average Bonchev–Trinajstić information content (AvgIpc) is 3.57. The predicted molar refractivity (Wildman–Crippen MR) is 119 cm³/mol. The number of hydrogen-bond acceptors (Lipinski definition) is 7. The zero-order chi connectivity index (χ0) is 25.3. The number of nitrogens with one attached hydrogen (secondary N) is 2. The fourth-order valence-corrected chi connectivity index (χ4v) is 2.70. The van der Waals surface area contributed by atoms with E-state index in [1.165, 1.54) is 19.2 Å². The summed E-state index contributed by atoms with van der Waals surface area (Å²) in [5, 5.41) is 5.34. The van der Waals surface area contributed by atoms with Gasteiger partial charge in [-0.25, -0.2) is 0 Å². The molecule has 2 aromatic heterocycles. The van der Waals surface area contributed by atoms with Gasteiger partial charge < -0.3 is 25.0 Å². The second-order valence-electron chi connectivity index (χ2n) is 7.54. The second-order valence-corrected chi connectivity index (χ2v) is 7.54. The van der Waals surface area contributed by atoms with Crippen LogP contribution < -0.4 is 20.3 Å². The molecule has 34 heavy (non-hydrogen) atoms. The molecule has 1 aliphatic heterocycles. The highest BCUT2D eigenvalue weighted by atomic mass is 19.4. The highest BCUT2D eigenvalue weighted by molar-refractivity contribution is 5.99. The van der Waals surface area contributed by atoms with E-state index in [1.54, 1.807) is 24.2 Å². The van der Waals surface area contributed by atoms with Crippen molar-refractivity contribution in [3.8, 4) is 5.88 Å². The Labute approximate surface area is 195 Å². The number of methoxy groups -OCH3 is 1. The molecule has 0 radical (unpaired) electrons. The van der Waals surface area contributed by atoms with Crippen LogP contribution in [0, 0.1) is 6.92 Å². The average molecular weight is 483 g/mol. The van der Waals surface area contributed by atoms with Gasteiger partial charge in [0, 0.05) is 38.7 Å². The molecule has 1 atom stereocenters. The normalized spacial score (nSPS) is 13.2. The van der Waals surface area contributed by atoms with Crippen molar-refractivity contribution in [2.75, 3.05) is 45.4 Å². The maximum absolute atomic E-state index is 12.9. The lowest BCUT2D eigenvalue weighted by atomic mass is 10.1. The first kappa shape index (κ1) is 26.8. The van der Waals surface area contributed by atoms with Crippen LogP contribution in [0.5, 0.6) is 5.88 Å². The third kappa shape index (κ3) is 9.22. The smallest absolute Gasteiger partial charge is 0.422 e. The molecule has 1 unspecified atom stereocenters. The SMILES string of the molecule is COCCN(C)c1nc(OCC(F)(F)F)ccc1C(=O)NC(C)c1ccnc(C)c1.O=C1CN1. The summed E-state index contributed by atoms with van der Waals surface area (Å²) < 4.78 is 47.1. The summed E-state index contributed by atoms with van der Waals surface area (Å²) in [5.41, 5.74) is 1.91. The fraction of sp³-hybridized carbons (Fsp3) is 0.455. The molecule has 12 heteroatoms. The summed E-state index contributed by atoms with van der Waals surface area (Å²) in [7, 11) is 3.19. The lowest BCUT2D eigenvalue weighted by Crippen LogP contribution is -2.31. The zero-order valence-corrected chi connectivity index (χ0v) is 19.4. The molecule has 1 aliphatic rings. The predicted octanol–water partition coefficient (Wildman–Crippen LogP) is 2.42. The van der Waals surface area contributed by atoms with Gasteiger partial charge in [0.15, 0.2) is 6.61 Å². The summed E-state index contributed by atoms with van der Waals surface area (Å²) in [6.07, 6.45) is -2.83. The summed E-state index contributed by atoms with van der Waals surface area (Å²) in [6.45, 7) is 3.54. The van der Waals surface area contributed by atoms with Crippen molar-refractivity contribution in [3.63, 3.8) is 0 Å². The molecule has 0 aliphatic carbocycles. The van der Waals surface area contributed by atoms with E-state index in [0.717, 1.165) is 11.3 Å². The van der Waals surface area contributed by atoms with Crippen molar-refractivity contribution < 1.29 is 32.2 Å². The van der Waals surface area contributed by atoms with Gasteiger partial charge in [-0.15, -0.1) is 0 Å². The monoisotopic (exact) mass is 483 g/mol. The maximum atomic E-state index is 12.9. The Morgan fingerprint density at radius 2 is 2.00 bits per heavy atom. The van der Waals surface area contributed by atoms with Gasteiger partial charge in [-0.3, -0.25) is 14.6 Å². The number of halogens is 3. The van der Waals surface area contributed by atoms with E-state index in [4.69, 9.17) is 9.47 Å². The minimum Gasteiger partial charge on any atom is -0.468 e. The Bertz CT molecular complexity index is 981. The number of aromatic nitrogens is 2. The molecule has 2 aromatic rings. The van der Waals surface area contributed by atoms with Crippen LogP contribution in [0.1, 0.15) is 34.6 Å². The molecule has 1 fully saturated rings. The molecule has 0 saturated carbocycles. The number of pyridine rings is 2. The molecular weight excluding hydrogens is 455 g/mol. The van der Waals surface area contributed by atoms with Gasteiger partial charge in [0.1, 0.15) is 5.82 Å². The van der Waals surface area contributed by atoms with E-state index in [-0.39, 0.29) is 29.2 Å². The number of rotatable bonds is 9. The largest absolute Gasteiger partial charge is 0.468 e. The van der Waals surface area contributed by atoms with Gasteiger partial charge >= 0.3 is 6.18 Å². The molecule has 2 N–H and O–H groups in total. The van der Waals surface area contributed by atoms with Crippen LogP contribution in [-0.2, 0) is 9.53 Å². The van der Waals surface area contributed by atoms with Crippen LogP contribution in [-0.4, -0.2) is 68.4 Å². The lowest BCUT2D eigenvalue weighted by molar-refractivity contribution is -0.154. The van der Waals surface area contributed by atoms with Crippen molar-refractivity contribution in [1.29, 1.82) is 0 Å². The molecule has 1 saturated heterocycles. The summed E-state index contributed by atoms with van der Waals surface area (Å²) >= 11 is 0. The number of aryl methyl sites for hydroxylation is 1. The molecular formula is C22H28F3N5O4. The number of carbonyl (C=O) groups excluding carboxylic acids is 2. The van der Waals surface area contributed by atoms with E-state index in [2.05, 4.69) is 20.6 Å². The zero-order valence-electron chi connectivity index (χ0n) is 19.4. The molecule has 3 heterocycles. The van der Waals surface area contributed by atoms with Crippen molar-refractivity contribution in [2.24, 2.45) is 0 Å². The Hall–Kier alpha value is -3.41. The Morgan fingerprint density at radius 1 is 1.32 bits per heavy atom. The van der Waals surface area contributed by atoms with Crippen LogP contribution in [0.3, 0.4) is 0 Å². The van der Waals surface area contributed by atoms with Gasteiger partial charge in [-0.1, -0.05) is 0 Å². The third-order valence-corrected chi connectivity index (χ3v) is 4.56. The first-order chi connectivity index (χ1) is 16.0. The van der Waals surface area contributed by atoms with E-state index < -0.39 is 18.7 Å². The minimum atomic E-state index is -4.49. The third-order valence-electron chi connectivity index (χ3n) is 4.56. The number of amides is 2. The molecule has 3 rings (SSSR count). The van der Waals surface area contributed by atoms with Crippen molar-refractivity contribution in [3.05, 3.63) is 47.3 Å². The van der Waals surface area contributed by atoms with Crippen LogP contribution in [0.4, 0.5) is 19.0 Å². The van der Waals surface area contributed by atoms with E-state index >= 15 is 0 Å². The highest BCUT2D eigenvalue weighted by Gasteiger charge is 2.29. The number of nitrogens with zero attached hydrogens (tertiary/aromatic N) is 3. The summed E-state index contributed by atoms with van der Waals surface area (Å²) in [6, 6.07) is 6.00. The van der Waals surface area contributed by atoms with E-state index in [0.29, 0.717) is 19.7 Å². The standard InChI is InChI=1S/C20H25F3N4O3.C2H3NO/c1-13-11-15(7-8-24-13)14(2)25-19(28)16-5-6-17(30-12-20(21,22)23)26-18(16)27(3)9-10-29-4;4-2-1-3-2/h5-8,11,14H,9-10,12H2,1-4H3,(H,25,28);1H2,(H,3,4). The Balaban J connectivity index is 0.000000920. The van der Waals surface area contributed by atoms with Gasteiger partial charge in [0.25, 0.3) is 5.91 Å². The number of carbonyl (C=O) groups is 2. The molecule has 9 nitrogen and oxygen atoms in total. The highest BCUT2D eigenvalue weighted by Crippen LogP contribution is 2.24. The van der Waals surface area contributed by atoms with Crippen LogP contribution in [0.2, 0.25) is 0 Å². The number of likely N-dealkylation sites (N-methyl/N-ethyl adjacent to an activating group) is 1. The van der Waals surface area contributed by atoms with E-state index in [1.807, 2.05) is 19.9 Å². The van der Waals surface area contributed by atoms with Gasteiger partial charge in [-0.2, -0.15) is 18.2 Å². The van der Waals surface area contributed by atoms with E-state index in [9.17, 15) is 22.8 Å². The first-order valence-electron chi connectivity index (χ1n) is 10.4. The van der Waals surface area contributed by atoms with Crippen LogP contribution >= 0.6 is 0 Å².